The lowest BCUT2D eigenvalue weighted by Crippen LogP contribution is -2.61. The summed E-state index contributed by atoms with van der Waals surface area (Å²) in [6, 6.07) is 4.86. The van der Waals surface area contributed by atoms with Crippen LogP contribution in [0.15, 0.2) is 23.1 Å². The van der Waals surface area contributed by atoms with Gasteiger partial charge in [-0.3, -0.25) is 0 Å². The van der Waals surface area contributed by atoms with Gasteiger partial charge < -0.3 is 10.2 Å². The molecule has 0 aliphatic carbocycles. The normalized spacial score (nSPS) is 20.5. The summed E-state index contributed by atoms with van der Waals surface area (Å²) >= 11 is 6.05. The number of carbonyl (C=O) groups is 1. The number of urea groups is 1. The highest BCUT2D eigenvalue weighted by molar-refractivity contribution is 7.89. The van der Waals surface area contributed by atoms with Crippen molar-refractivity contribution in [3.63, 3.8) is 0 Å². The van der Waals surface area contributed by atoms with Crippen LogP contribution in [-0.4, -0.2) is 55.9 Å². The molecule has 2 saturated heterocycles. The quantitative estimate of drug-likeness (QED) is 0.901. The zero-order valence-corrected chi connectivity index (χ0v) is 13.1. The number of rotatable bonds is 3. The second-order valence-corrected chi connectivity index (χ2v) is 7.57. The van der Waals surface area contributed by atoms with Crippen LogP contribution in [0, 0.1) is 6.92 Å². The third kappa shape index (κ3) is 2.39. The average molecular weight is 330 g/mol. The summed E-state index contributed by atoms with van der Waals surface area (Å²) in [5, 5.41) is 2.95. The molecule has 8 heteroatoms. The summed E-state index contributed by atoms with van der Waals surface area (Å²) in [7, 11) is -3.60. The molecule has 1 N–H and O–H groups in total. The maximum atomic E-state index is 12.6. The highest BCUT2D eigenvalue weighted by Crippen LogP contribution is 2.31. The van der Waals surface area contributed by atoms with Crippen molar-refractivity contribution >= 4 is 27.7 Å². The Morgan fingerprint density at radius 2 is 2.05 bits per heavy atom. The Morgan fingerprint density at radius 3 is 2.62 bits per heavy atom. The van der Waals surface area contributed by atoms with E-state index in [2.05, 4.69) is 5.32 Å². The Bertz CT molecular complexity index is 666. The van der Waals surface area contributed by atoms with Gasteiger partial charge in [0.25, 0.3) is 0 Å². The smallest absolute Gasteiger partial charge is 0.317 e. The number of nitrogens with zero attached hydrogens (tertiary/aromatic N) is 2. The van der Waals surface area contributed by atoms with Gasteiger partial charge in [0.15, 0.2) is 0 Å². The van der Waals surface area contributed by atoms with E-state index in [1.807, 2.05) is 0 Å². The van der Waals surface area contributed by atoms with Crippen molar-refractivity contribution in [2.24, 2.45) is 0 Å². The van der Waals surface area contributed by atoms with E-state index < -0.39 is 10.0 Å². The fraction of sp³-hybridized carbons (Fsp3) is 0.462. The van der Waals surface area contributed by atoms with Gasteiger partial charge in [0, 0.05) is 26.2 Å². The van der Waals surface area contributed by atoms with E-state index in [0.29, 0.717) is 31.7 Å². The minimum absolute atomic E-state index is 0.0509. The SMILES string of the molecule is Cc1cccc(Cl)c1S(=O)(=O)N1CC(N2CCNC2=O)C1. The van der Waals surface area contributed by atoms with E-state index in [0.717, 1.165) is 0 Å². The first-order valence-corrected chi connectivity index (χ1v) is 8.53. The lowest BCUT2D eigenvalue weighted by molar-refractivity contribution is 0.124. The van der Waals surface area contributed by atoms with Crippen LogP contribution in [0.1, 0.15) is 5.56 Å². The second-order valence-electron chi connectivity index (χ2n) is 5.29. The highest BCUT2D eigenvalue weighted by atomic mass is 35.5. The molecule has 2 fully saturated rings. The molecule has 0 aromatic heterocycles. The topological polar surface area (TPSA) is 69.7 Å². The van der Waals surface area contributed by atoms with Gasteiger partial charge in [-0.2, -0.15) is 4.31 Å². The lowest BCUT2D eigenvalue weighted by Gasteiger charge is -2.42. The van der Waals surface area contributed by atoms with Crippen LogP contribution >= 0.6 is 11.6 Å². The van der Waals surface area contributed by atoms with Crippen LogP contribution < -0.4 is 5.32 Å². The molecule has 2 aliphatic rings. The van der Waals surface area contributed by atoms with Crippen LogP contribution in [-0.2, 0) is 10.0 Å². The van der Waals surface area contributed by atoms with Gasteiger partial charge >= 0.3 is 6.03 Å². The molecule has 21 heavy (non-hydrogen) atoms. The van der Waals surface area contributed by atoms with Crippen LogP contribution in [0.25, 0.3) is 0 Å². The summed E-state index contributed by atoms with van der Waals surface area (Å²) in [4.78, 5) is 13.4. The minimum atomic E-state index is -3.60. The lowest BCUT2D eigenvalue weighted by atomic mass is 10.1. The molecule has 2 heterocycles. The number of aryl methyl sites for hydroxylation is 1. The van der Waals surface area contributed by atoms with Gasteiger partial charge in [0.05, 0.1) is 11.1 Å². The zero-order valence-electron chi connectivity index (χ0n) is 11.5. The number of benzene rings is 1. The van der Waals surface area contributed by atoms with Crippen molar-refractivity contribution < 1.29 is 13.2 Å². The summed E-state index contributed by atoms with van der Waals surface area (Å²) in [6.07, 6.45) is 0. The monoisotopic (exact) mass is 329 g/mol. The Morgan fingerprint density at radius 1 is 1.33 bits per heavy atom. The van der Waals surface area contributed by atoms with E-state index in [9.17, 15) is 13.2 Å². The van der Waals surface area contributed by atoms with Crippen molar-refractivity contribution in [2.45, 2.75) is 17.9 Å². The van der Waals surface area contributed by atoms with Crippen molar-refractivity contribution in [1.82, 2.24) is 14.5 Å². The first kappa shape index (κ1) is 14.6. The first-order valence-electron chi connectivity index (χ1n) is 6.71. The Hall–Kier alpha value is -1.31. The van der Waals surface area contributed by atoms with Crippen molar-refractivity contribution in [3.8, 4) is 0 Å². The van der Waals surface area contributed by atoms with Gasteiger partial charge in [-0.05, 0) is 18.6 Å². The summed E-state index contributed by atoms with van der Waals surface area (Å²) < 4.78 is 26.6. The van der Waals surface area contributed by atoms with Crippen LogP contribution in [0.3, 0.4) is 0 Å². The van der Waals surface area contributed by atoms with Crippen molar-refractivity contribution in [1.29, 1.82) is 0 Å². The van der Waals surface area contributed by atoms with Crippen LogP contribution in [0.2, 0.25) is 5.02 Å². The highest BCUT2D eigenvalue weighted by Gasteiger charge is 2.43. The largest absolute Gasteiger partial charge is 0.336 e. The first-order chi connectivity index (χ1) is 9.91. The van der Waals surface area contributed by atoms with Crippen LogP contribution in [0.4, 0.5) is 4.79 Å². The average Bonchev–Trinajstić information content (AvgIpc) is 2.73. The second kappa shape index (κ2) is 5.15. The van der Waals surface area contributed by atoms with E-state index in [1.54, 1.807) is 30.0 Å². The molecule has 0 spiro atoms. The van der Waals surface area contributed by atoms with E-state index in [1.165, 1.54) is 4.31 Å². The molecule has 0 bridgehead atoms. The molecule has 1 aromatic rings. The molecule has 6 nitrogen and oxygen atoms in total. The molecular formula is C13H16ClN3O3S. The zero-order chi connectivity index (χ0) is 15.2. The van der Waals surface area contributed by atoms with Crippen molar-refractivity contribution in [2.75, 3.05) is 26.2 Å². The van der Waals surface area contributed by atoms with Gasteiger partial charge in [0.1, 0.15) is 4.90 Å². The van der Waals surface area contributed by atoms with Crippen LogP contribution in [0.5, 0.6) is 0 Å². The molecular weight excluding hydrogens is 314 g/mol. The molecule has 0 saturated carbocycles. The molecule has 3 rings (SSSR count). The van der Waals surface area contributed by atoms with Gasteiger partial charge in [-0.15, -0.1) is 0 Å². The molecule has 0 unspecified atom stereocenters. The molecule has 114 valence electrons. The third-order valence-corrected chi connectivity index (χ3v) is 6.38. The number of sulfonamides is 1. The molecule has 0 atom stereocenters. The van der Waals surface area contributed by atoms with Gasteiger partial charge in [-0.1, -0.05) is 23.7 Å². The Labute approximate surface area is 128 Å². The standard InChI is InChI=1S/C13H16ClN3O3S/c1-9-3-2-4-11(14)12(9)21(19,20)16-7-10(8-16)17-6-5-15-13(17)18/h2-4,10H,5-8H2,1H3,(H,15,18). The maximum absolute atomic E-state index is 12.6. The number of amides is 2. The summed E-state index contributed by atoms with van der Waals surface area (Å²) in [5.74, 6) is 0. The molecule has 1 aromatic carbocycles. The summed E-state index contributed by atoms with van der Waals surface area (Å²) in [6.45, 7) is 3.61. The number of nitrogens with one attached hydrogen (secondary N) is 1. The predicted molar refractivity (Wildman–Crippen MR) is 78.8 cm³/mol. The number of carbonyl (C=O) groups excluding carboxylic acids is 1. The predicted octanol–water partition coefficient (Wildman–Crippen LogP) is 1.05. The fourth-order valence-electron chi connectivity index (χ4n) is 2.72. The summed E-state index contributed by atoms with van der Waals surface area (Å²) in [5.41, 5.74) is 0.630. The fourth-order valence-corrected chi connectivity index (χ4v) is 5.02. The van der Waals surface area contributed by atoms with E-state index >= 15 is 0 Å². The minimum Gasteiger partial charge on any atom is -0.336 e. The maximum Gasteiger partial charge on any atom is 0.317 e. The number of hydrogen-bond donors (Lipinski definition) is 1. The third-order valence-electron chi connectivity index (χ3n) is 3.92. The Balaban J connectivity index is 1.78. The van der Waals surface area contributed by atoms with Crippen molar-refractivity contribution in [3.05, 3.63) is 28.8 Å². The number of hydrogen-bond acceptors (Lipinski definition) is 3. The molecule has 2 aliphatic heterocycles. The van der Waals surface area contributed by atoms with E-state index in [4.69, 9.17) is 11.6 Å². The van der Waals surface area contributed by atoms with Gasteiger partial charge in [-0.25, -0.2) is 13.2 Å². The van der Waals surface area contributed by atoms with Gasteiger partial charge in [0.2, 0.25) is 10.0 Å². The van der Waals surface area contributed by atoms with E-state index in [-0.39, 0.29) is 22.0 Å². The number of halogens is 1. The molecule has 2 amide bonds. The Kier molecular flexibility index (Phi) is 3.59. The molecule has 0 radical (unpaired) electrons.